The van der Waals surface area contributed by atoms with E-state index in [9.17, 15) is 4.79 Å². The topological polar surface area (TPSA) is 77.2 Å². The highest BCUT2D eigenvalue weighted by Gasteiger charge is 2.33. The molecule has 0 fully saturated rings. The van der Waals surface area contributed by atoms with E-state index in [2.05, 4.69) is 10.3 Å². The SMILES string of the molecule is CC(C)(C)OC(=O)N[C@@H]1c2ncccc2C[C@H]1N. The minimum Gasteiger partial charge on any atom is -0.444 e. The van der Waals surface area contributed by atoms with Crippen molar-refractivity contribution in [2.24, 2.45) is 5.73 Å². The van der Waals surface area contributed by atoms with Crippen LogP contribution in [0.1, 0.15) is 38.1 Å². The van der Waals surface area contributed by atoms with Crippen molar-refractivity contribution in [3.8, 4) is 0 Å². The summed E-state index contributed by atoms with van der Waals surface area (Å²) in [5.41, 5.74) is 7.45. The van der Waals surface area contributed by atoms with E-state index in [0.29, 0.717) is 0 Å². The van der Waals surface area contributed by atoms with Gasteiger partial charge in [-0.05, 0) is 38.8 Å². The summed E-state index contributed by atoms with van der Waals surface area (Å²) in [7, 11) is 0. The van der Waals surface area contributed by atoms with Gasteiger partial charge in [0.25, 0.3) is 0 Å². The number of pyridine rings is 1. The van der Waals surface area contributed by atoms with Crippen molar-refractivity contribution in [3.63, 3.8) is 0 Å². The fourth-order valence-corrected chi connectivity index (χ4v) is 2.09. The number of fused-ring (bicyclic) bond motifs is 1. The van der Waals surface area contributed by atoms with Crippen LogP contribution in [0.15, 0.2) is 18.3 Å². The maximum absolute atomic E-state index is 11.8. The molecule has 5 heteroatoms. The van der Waals surface area contributed by atoms with Crippen LogP contribution in [0.2, 0.25) is 0 Å². The van der Waals surface area contributed by atoms with Gasteiger partial charge in [-0.1, -0.05) is 6.07 Å². The van der Waals surface area contributed by atoms with E-state index in [1.165, 1.54) is 0 Å². The highest BCUT2D eigenvalue weighted by atomic mass is 16.6. The molecule has 0 saturated heterocycles. The predicted molar refractivity (Wildman–Crippen MR) is 68.0 cm³/mol. The van der Waals surface area contributed by atoms with Gasteiger partial charge in [0.1, 0.15) is 5.60 Å². The van der Waals surface area contributed by atoms with Crippen molar-refractivity contribution in [3.05, 3.63) is 29.6 Å². The minimum absolute atomic E-state index is 0.151. The molecule has 1 aliphatic carbocycles. The third-order valence-corrected chi connectivity index (χ3v) is 2.78. The van der Waals surface area contributed by atoms with E-state index in [4.69, 9.17) is 10.5 Å². The Balaban J connectivity index is 2.08. The third-order valence-electron chi connectivity index (χ3n) is 2.78. The molecular weight excluding hydrogens is 230 g/mol. The Morgan fingerprint density at radius 2 is 2.28 bits per heavy atom. The summed E-state index contributed by atoms with van der Waals surface area (Å²) >= 11 is 0. The van der Waals surface area contributed by atoms with Gasteiger partial charge in [0.2, 0.25) is 0 Å². The highest BCUT2D eigenvalue weighted by Crippen LogP contribution is 2.28. The first-order valence-electron chi connectivity index (χ1n) is 6.06. The first kappa shape index (κ1) is 12.8. The van der Waals surface area contributed by atoms with Crippen molar-refractivity contribution in [2.75, 3.05) is 0 Å². The zero-order chi connectivity index (χ0) is 13.3. The number of carbonyl (C=O) groups is 1. The molecule has 1 aromatic rings. The van der Waals surface area contributed by atoms with Gasteiger partial charge in [-0.25, -0.2) is 4.79 Å². The predicted octanol–water partition coefficient (Wildman–Crippen LogP) is 1.53. The number of nitrogens with two attached hydrogens (primary N) is 1. The van der Waals surface area contributed by atoms with Crippen LogP contribution in [0.5, 0.6) is 0 Å². The minimum atomic E-state index is -0.514. The van der Waals surface area contributed by atoms with Gasteiger partial charge in [0.05, 0.1) is 11.7 Å². The fraction of sp³-hybridized carbons (Fsp3) is 0.538. The Morgan fingerprint density at radius 3 is 2.94 bits per heavy atom. The number of hydrogen-bond acceptors (Lipinski definition) is 4. The van der Waals surface area contributed by atoms with E-state index >= 15 is 0 Å². The lowest BCUT2D eigenvalue weighted by Gasteiger charge is -2.23. The average molecular weight is 249 g/mol. The highest BCUT2D eigenvalue weighted by molar-refractivity contribution is 5.68. The molecule has 0 unspecified atom stereocenters. The van der Waals surface area contributed by atoms with Crippen molar-refractivity contribution < 1.29 is 9.53 Å². The van der Waals surface area contributed by atoms with Gasteiger partial charge in [-0.15, -0.1) is 0 Å². The van der Waals surface area contributed by atoms with E-state index in [-0.39, 0.29) is 12.1 Å². The number of carbonyl (C=O) groups excluding carboxylic acids is 1. The molecule has 1 amide bonds. The smallest absolute Gasteiger partial charge is 0.408 e. The molecule has 5 nitrogen and oxygen atoms in total. The number of nitrogens with zero attached hydrogens (tertiary/aromatic N) is 1. The maximum Gasteiger partial charge on any atom is 0.408 e. The molecule has 0 aromatic carbocycles. The Kier molecular flexibility index (Phi) is 3.26. The van der Waals surface area contributed by atoms with Crippen LogP contribution in [-0.4, -0.2) is 22.7 Å². The lowest BCUT2D eigenvalue weighted by atomic mass is 10.1. The van der Waals surface area contributed by atoms with Crippen molar-refractivity contribution in [1.29, 1.82) is 0 Å². The summed E-state index contributed by atoms with van der Waals surface area (Å²) in [4.78, 5) is 16.0. The van der Waals surface area contributed by atoms with Crippen molar-refractivity contribution in [1.82, 2.24) is 10.3 Å². The lowest BCUT2D eigenvalue weighted by molar-refractivity contribution is 0.0498. The molecule has 3 N–H and O–H groups in total. The van der Waals surface area contributed by atoms with Crippen molar-refractivity contribution >= 4 is 6.09 Å². The van der Waals surface area contributed by atoms with Crippen LogP contribution in [0.4, 0.5) is 4.79 Å². The molecule has 0 bridgehead atoms. The number of hydrogen-bond donors (Lipinski definition) is 2. The quantitative estimate of drug-likeness (QED) is 0.791. The monoisotopic (exact) mass is 249 g/mol. The lowest BCUT2D eigenvalue weighted by Crippen LogP contribution is -2.41. The van der Waals surface area contributed by atoms with E-state index < -0.39 is 11.7 Å². The molecular formula is C13H19N3O2. The number of ether oxygens (including phenoxy) is 1. The molecule has 0 radical (unpaired) electrons. The third kappa shape index (κ3) is 2.79. The number of aromatic nitrogens is 1. The number of nitrogens with one attached hydrogen (secondary N) is 1. The van der Waals surface area contributed by atoms with Crippen LogP contribution in [-0.2, 0) is 11.2 Å². The summed E-state index contributed by atoms with van der Waals surface area (Å²) in [5, 5.41) is 2.79. The molecule has 1 aliphatic rings. The Hall–Kier alpha value is -1.62. The van der Waals surface area contributed by atoms with Crippen LogP contribution in [0.25, 0.3) is 0 Å². The Morgan fingerprint density at radius 1 is 1.56 bits per heavy atom. The maximum atomic E-state index is 11.8. The van der Waals surface area contributed by atoms with Gasteiger partial charge in [0.15, 0.2) is 0 Å². The number of rotatable bonds is 1. The summed E-state index contributed by atoms with van der Waals surface area (Å²) < 4.78 is 5.23. The molecule has 0 aliphatic heterocycles. The summed E-state index contributed by atoms with van der Waals surface area (Å²) in [6.07, 6.45) is 1.98. The van der Waals surface area contributed by atoms with E-state index in [1.807, 2.05) is 32.9 Å². The summed E-state index contributed by atoms with van der Waals surface area (Å²) in [5.74, 6) is 0. The second-order valence-corrected chi connectivity index (χ2v) is 5.54. The van der Waals surface area contributed by atoms with E-state index in [1.54, 1.807) is 6.20 Å². The van der Waals surface area contributed by atoms with Crippen molar-refractivity contribution in [2.45, 2.75) is 44.9 Å². The van der Waals surface area contributed by atoms with Gasteiger partial charge in [-0.2, -0.15) is 0 Å². The fourth-order valence-electron chi connectivity index (χ4n) is 2.09. The van der Waals surface area contributed by atoms with Gasteiger partial charge >= 0.3 is 6.09 Å². The van der Waals surface area contributed by atoms with Crippen LogP contribution >= 0.6 is 0 Å². The van der Waals surface area contributed by atoms with E-state index in [0.717, 1.165) is 17.7 Å². The van der Waals surface area contributed by atoms with Gasteiger partial charge in [-0.3, -0.25) is 4.98 Å². The van der Waals surface area contributed by atoms with Gasteiger partial charge < -0.3 is 15.8 Å². The standard InChI is InChI=1S/C13H19N3O2/c1-13(2,3)18-12(17)16-11-9(14)7-8-5-4-6-15-10(8)11/h4-6,9,11H,7,14H2,1-3H3,(H,16,17)/t9-,11+/m1/s1. The average Bonchev–Trinajstić information content (AvgIpc) is 2.53. The molecule has 2 rings (SSSR count). The van der Waals surface area contributed by atoms with Crippen LogP contribution in [0, 0.1) is 0 Å². The molecule has 18 heavy (non-hydrogen) atoms. The van der Waals surface area contributed by atoms with Crippen LogP contribution < -0.4 is 11.1 Å². The molecule has 0 saturated carbocycles. The zero-order valence-electron chi connectivity index (χ0n) is 10.9. The zero-order valence-corrected chi connectivity index (χ0v) is 10.9. The van der Waals surface area contributed by atoms with Gasteiger partial charge in [0, 0.05) is 12.2 Å². The normalized spacial score (nSPS) is 22.4. The van der Waals surface area contributed by atoms with Crippen LogP contribution in [0.3, 0.4) is 0 Å². The molecule has 2 atom stereocenters. The summed E-state index contributed by atoms with van der Waals surface area (Å²) in [6.45, 7) is 5.48. The summed E-state index contributed by atoms with van der Waals surface area (Å²) in [6, 6.07) is 3.44. The number of alkyl carbamates (subject to hydrolysis) is 1. The Bertz CT molecular complexity index is 454. The second kappa shape index (κ2) is 4.57. The molecule has 1 heterocycles. The number of amides is 1. The molecule has 98 valence electrons. The molecule has 1 aromatic heterocycles. The first-order chi connectivity index (χ1) is 8.37. The second-order valence-electron chi connectivity index (χ2n) is 5.54. The largest absolute Gasteiger partial charge is 0.444 e. The Labute approximate surface area is 107 Å². The first-order valence-corrected chi connectivity index (χ1v) is 6.06. The molecule has 0 spiro atoms.